The van der Waals surface area contributed by atoms with Gasteiger partial charge in [-0.2, -0.15) is 17.0 Å². The van der Waals surface area contributed by atoms with E-state index in [0.717, 1.165) is 0 Å². The van der Waals surface area contributed by atoms with Crippen molar-refractivity contribution in [3.63, 3.8) is 0 Å². The first kappa shape index (κ1) is 20.5. The molecule has 1 saturated heterocycles. The second-order valence-corrected chi connectivity index (χ2v) is 9.09. The first-order valence-electron chi connectivity index (χ1n) is 8.95. The summed E-state index contributed by atoms with van der Waals surface area (Å²) in [4.78, 5) is 27.9. The number of piperazine rings is 1. The molecule has 1 unspecified atom stereocenters. The highest BCUT2D eigenvalue weighted by atomic mass is 32.2. The largest absolute Gasteiger partial charge is 0.477 e. The van der Waals surface area contributed by atoms with Crippen LogP contribution in [-0.2, 0) is 19.8 Å². The van der Waals surface area contributed by atoms with Crippen molar-refractivity contribution in [2.75, 3.05) is 58.3 Å². The van der Waals surface area contributed by atoms with Gasteiger partial charge in [0.05, 0.1) is 18.8 Å². The number of para-hydroxylation sites is 2. The molecule has 1 aromatic carbocycles. The number of rotatable bonds is 5. The molecular weight excluding hydrogens is 386 g/mol. The zero-order valence-corrected chi connectivity index (χ0v) is 16.8. The molecule has 2 aliphatic rings. The monoisotopic (exact) mass is 411 g/mol. The van der Waals surface area contributed by atoms with E-state index in [-0.39, 0.29) is 19.0 Å². The summed E-state index contributed by atoms with van der Waals surface area (Å²) in [5, 5.41) is 0. The highest BCUT2D eigenvalue weighted by Gasteiger charge is 2.34. The van der Waals surface area contributed by atoms with E-state index in [2.05, 4.69) is 0 Å². The average molecular weight is 411 g/mol. The molecule has 0 aliphatic carbocycles. The number of amides is 2. The van der Waals surface area contributed by atoms with Crippen molar-refractivity contribution in [3.8, 4) is 5.75 Å². The highest BCUT2D eigenvalue weighted by molar-refractivity contribution is 7.86. The Morgan fingerprint density at radius 3 is 2.43 bits per heavy atom. The van der Waals surface area contributed by atoms with Crippen LogP contribution < -0.4 is 15.4 Å². The van der Waals surface area contributed by atoms with Crippen LogP contribution in [0.15, 0.2) is 24.3 Å². The minimum atomic E-state index is -3.45. The van der Waals surface area contributed by atoms with E-state index in [9.17, 15) is 18.0 Å². The lowest BCUT2D eigenvalue weighted by molar-refractivity contribution is -0.125. The number of anilines is 1. The lowest BCUT2D eigenvalue weighted by Crippen LogP contribution is -2.55. The van der Waals surface area contributed by atoms with Crippen molar-refractivity contribution < 1.29 is 22.7 Å². The molecule has 154 valence electrons. The fraction of sp³-hybridized carbons (Fsp3) is 0.529. The Bertz CT molecular complexity index is 851. The van der Waals surface area contributed by atoms with E-state index in [4.69, 9.17) is 10.5 Å². The van der Waals surface area contributed by atoms with E-state index in [1.54, 1.807) is 24.3 Å². The minimum Gasteiger partial charge on any atom is -0.477 e. The molecule has 2 N–H and O–H groups in total. The molecule has 1 atom stereocenters. The molecule has 1 aromatic rings. The second-order valence-electron chi connectivity index (χ2n) is 6.95. The van der Waals surface area contributed by atoms with Crippen LogP contribution in [0.25, 0.3) is 0 Å². The Hall–Kier alpha value is -2.21. The number of hydrogen-bond acceptors (Lipinski definition) is 6. The maximum Gasteiger partial charge on any atom is 0.281 e. The first-order valence-corrected chi connectivity index (χ1v) is 10.3. The molecule has 0 bridgehead atoms. The van der Waals surface area contributed by atoms with Crippen LogP contribution in [0.1, 0.15) is 0 Å². The number of carbonyl (C=O) groups excluding carboxylic acids is 2. The predicted molar refractivity (Wildman–Crippen MR) is 103 cm³/mol. The van der Waals surface area contributed by atoms with Gasteiger partial charge in [0.1, 0.15) is 5.75 Å². The molecule has 0 radical (unpaired) electrons. The fourth-order valence-electron chi connectivity index (χ4n) is 3.24. The Morgan fingerprint density at radius 1 is 1.18 bits per heavy atom. The third-order valence-electron chi connectivity index (χ3n) is 4.87. The van der Waals surface area contributed by atoms with Crippen molar-refractivity contribution in [1.82, 2.24) is 13.5 Å². The zero-order chi connectivity index (χ0) is 20.5. The summed E-state index contributed by atoms with van der Waals surface area (Å²) < 4.78 is 32.6. The van der Waals surface area contributed by atoms with Crippen LogP contribution in [0.3, 0.4) is 0 Å². The Morgan fingerprint density at radius 2 is 1.82 bits per heavy atom. The van der Waals surface area contributed by atoms with E-state index in [0.29, 0.717) is 37.6 Å². The first-order chi connectivity index (χ1) is 13.2. The molecule has 3 rings (SSSR count). The molecule has 0 saturated carbocycles. The lowest BCUT2D eigenvalue weighted by Gasteiger charge is -2.37. The van der Waals surface area contributed by atoms with Crippen LogP contribution in [0.4, 0.5) is 5.69 Å². The van der Waals surface area contributed by atoms with Gasteiger partial charge in [0.15, 0.2) is 6.10 Å². The van der Waals surface area contributed by atoms with Crippen LogP contribution in [-0.4, -0.2) is 93.2 Å². The normalized spacial score (nSPS) is 21.2. The molecule has 1 fully saturated rings. The van der Waals surface area contributed by atoms with Crippen LogP contribution >= 0.6 is 0 Å². The summed E-state index contributed by atoms with van der Waals surface area (Å²) >= 11 is 0. The van der Waals surface area contributed by atoms with Gasteiger partial charge in [-0.25, -0.2) is 0 Å². The molecule has 28 heavy (non-hydrogen) atoms. The maximum absolute atomic E-state index is 12.9. The van der Waals surface area contributed by atoms with Gasteiger partial charge in [0, 0.05) is 40.3 Å². The van der Waals surface area contributed by atoms with Gasteiger partial charge < -0.3 is 15.4 Å². The van der Waals surface area contributed by atoms with E-state index in [1.165, 1.54) is 27.6 Å². The van der Waals surface area contributed by atoms with Gasteiger partial charge in [0.25, 0.3) is 16.1 Å². The number of hydrogen-bond donors (Lipinski definition) is 1. The maximum atomic E-state index is 12.9. The Kier molecular flexibility index (Phi) is 5.89. The number of benzene rings is 1. The number of fused-ring (bicyclic) bond motifs is 1. The molecule has 2 amide bonds. The fourth-order valence-corrected chi connectivity index (χ4v) is 4.33. The lowest BCUT2D eigenvalue weighted by atomic mass is 10.1. The van der Waals surface area contributed by atoms with Gasteiger partial charge in [-0.05, 0) is 12.1 Å². The van der Waals surface area contributed by atoms with Gasteiger partial charge in [-0.3, -0.25) is 14.5 Å². The second kappa shape index (κ2) is 8.03. The summed E-state index contributed by atoms with van der Waals surface area (Å²) in [5.41, 5.74) is 5.97. The summed E-state index contributed by atoms with van der Waals surface area (Å²) in [6.45, 7) is 1.71. The number of ether oxygens (including phenoxy) is 1. The van der Waals surface area contributed by atoms with Crippen LogP contribution in [0.5, 0.6) is 5.75 Å². The smallest absolute Gasteiger partial charge is 0.281 e. The Balaban J connectivity index is 1.66. The summed E-state index contributed by atoms with van der Waals surface area (Å²) in [6.07, 6.45) is -0.902. The molecular formula is C17H25N5O5S. The topological polar surface area (TPSA) is 116 Å². The molecule has 0 spiro atoms. The van der Waals surface area contributed by atoms with Crippen molar-refractivity contribution in [2.24, 2.45) is 5.73 Å². The van der Waals surface area contributed by atoms with Crippen molar-refractivity contribution in [3.05, 3.63) is 24.3 Å². The zero-order valence-electron chi connectivity index (χ0n) is 15.9. The molecule has 0 aromatic heterocycles. The third-order valence-corrected chi connectivity index (χ3v) is 6.81. The highest BCUT2D eigenvalue weighted by Crippen LogP contribution is 2.33. The molecule has 11 heteroatoms. The van der Waals surface area contributed by atoms with E-state index < -0.39 is 22.2 Å². The third kappa shape index (κ3) is 4.12. The SMILES string of the molecule is CN(C)S(=O)(=O)N1CCN(CC(=O)N2CC(C(N)=O)Oc3ccccc32)CC1. The number of nitrogens with two attached hydrogens (primary N) is 1. The van der Waals surface area contributed by atoms with Gasteiger partial charge in [-0.1, -0.05) is 12.1 Å². The molecule has 10 nitrogen and oxygen atoms in total. The van der Waals surface area contributed by atoms with Gasteiger partial charge >= 0.3 is 0 Å². The van der Waals surface area contributed by atoms with Gasteiger partial charge in [-0.15, -0.1) is 0 Å². The van der Waals surface area contributed by atoms with Crippen LogP contribution in [0.2, 0.25) is 0 Å². The number of nitrogens with zero attached hydrogens (tertiary/aromatic N) is 4. The van der Waals surface area contributed by atoms with E-state index in [1.807, 2.05) is 4.90 Å². The van der Waals surface area contributed by atoms with Crippen LogP contribution in [0, 0.1) is 0 Å². The Labute approximate surface area is 164 Å². The predicted octanol–water partition coefficient (Wildman–Crippen LogP) is -1.31. The van der Waals surface area contributed by atoms with Crippen molar-refractivity contribution >= 4 is 27.7 Å². The average Bonchev–Trinajstić information content (AvgIpc) is 2.67. The summed E-state index contributed by atoms with van der Waals surface area (Å²) in [5.74, 6) is -0.381. The number of primary amides is 1. The van der Waals surface area contributed by atoms with E-state index >= 15 is 0 Å². The quantitative estimate of drug-likeness (QED) is 0.643. The molecule has 2 heterocycles. The minimum absolute atomic E-state index is 0.0557. The summed E-state index contributed by atoms with van der Waals surface area (Å²) in [7, 11) is -0.460. The number of carbonyl (C=O) groups is 2. The van der Waals surface area contributed by atoms with Crippen molar-refractivity contribution in [1.29, 1.82) is 0 Å². The standard InChI is InChI=1S/C17H25N5O5S/c1-19(2)28(25,26)21-9-7-20(8-10-21)12-16(23)22-11-15(17(18)24)27-14-6-4-3-5-13(14)22/h3-6,15H,7-12H2,1-2H3,(H2,18,24). The van der Waals surface area contributed by atoms with Crippen molar-refractivity contribution in [2.45, 2.75) is 6.10 Å². The van der Waals surface area contributed by atoms with Gasteiger partial charge in [0.2, 0.25) is 5.91 Å². The summed E-state index contributed by atoms with van der Waals surface area (Å²) in [6, 6.07) is 6.99. The molecule has 2 aliphatic heterocycles.